The summed E-state index contributed by atoms with van der Waals surface area (Å²) in [5.74, 6) is 0.797. The first-order valence-corrected chi connectivity index (χ1v) is 7.02. The molecule has 2 nitrogen and oxygen atoms in total. The maximum absolute atomic E-state index is 5.38. The van der Waals surface area contributed by atoms with Gasteiger partial charge in [-0.2, -0.15) is 0 Å². The lowest BCUT2D eigenvalue weighted by molar-refractivity contribution is 0.0662. The third kappa shape index (κ3) is 3.56. The number of hydrogen-bond acceptors (Lipinski definition) is 2. The zero-order chi connectivity index (χ0) is 13.0. The lowest BCUT2D eigenvalue weighted by Crippen LogP contribution is -2.27. The van der Waals surface area contributed by atoms with Gasteiger partial charge in [0.15, 0.2) is 0 Å². The first-order valence-electron chi connectivity index (χ1n) is 7.02. The molecular weight excluding hydrogens is 222 g/mol. The van der Waals surface area contributed by atoms with E-state index in [4.69, 9.17) is 4.74 Å². The zero-order valence-electron chi connectivity index (χ0n) is 11.9. The molecule has 1 aliphatic heterocycles. The van der Waals surface area contributed by atoms with Gasteiger partial charge in [-0.25, -0.2) is 0 Å². The highest BCUT2D eigenvalue weighted by molar-refractivity contribution is 5.36. The van der Waals surface area contributed by atoms with Crippen molar-refractivity contribution in [1.82, 2.24) is 5.32 Å². The van der Waals surface area contributed by atoms with Crippen LogP contribution in [0, 0.1) is 26.7 Å². The molecule has 0 unspecified atom stereocenters. The Balaban J connectivity index is 1.84. The fraction of sp³-hybridized carbons (Fsp3) is 0.625. The lowest BCUT2D eigenvalue weighted by atomic mass is 9.99. The lowest BCUT2D eigenvalue weighted by Gasteiger charge is -2.22. The molecule has 100 valence electrons. The molecule has 1 fully saturated rings. The van der Waals surface area contributed by atoms with E-state index >= 15 is 0 Å². The van der Waals surface area contributed by atoms with Crippen LogP contribution in [0.3, 0.4) is 0 Å². The van der Waals surface area contributed by atoms with Crippen molar-refractivity contribution in [2.75, 3.05) is 19.8 Å². The Labute approximate surface area is 111 Å². The predicted octanol–water partition coefficient (Wildman–Crippen LogP) is 3.13. The summed E-state index contributed by atoms with van der Waals surface area (Å²) in [6, 6.07) is 4.61. The first kappa shape index (κ1) is 13.6. The van der Waals surface area contributed by atoms with Crippen molar-refractivity contribution in [3.05, 3.63) is 34.4 Å². The zero-order valence-corrected chi connectivity index (χ0v) is 11.9. The van der Waals surface area contributed by atoms with Gasteiger partial charge in [0.05, 0.1) is 0 Å². The van der Waals surface area contributed by atoms with Crippen molar-refractivity contribution in [3.63, 3.8) is 0 Å². The molecule has 1 aliphatic rings. The van der Waals surface area contributed by atoms with Crippen LogP contribution < -0.4 is 5.32 Å². The van der Waals surface area contributed by atoms with Crippen LogP contribution in [0.4, 0.5) is 0 Å². The smallest absolute Gasteiger partial charge is 0.0469 e. The Kier molecular flexibility index (Phi) is 4.79. The van der Waals surface area contributed by atoms with Crippen molar-refractivity contribution >= 4 is 0 Å². The van der Waals surface area contributed by atoms with Gasteiger partial charge in [0, 0.05) is 19.8 Å². The molecule has 0 amide bonds. The molecule has 0 spiro atoms. The summed E-state index contributed by atoms with van der Waals surface area (Å²) in [5, 5.41) is 3.60. The third-order valence-electron chi connectivity index (χ3n) is 4.04. The number of hydrogen-bond donors (Lipinski definition) is 1. The van der Waals surface area contributed by atoms with Gasteiger partial charge < -0.3 is 10.1 Å². The third-order valence-corrected chi connectivity index (χ3v) is 4.04. The average molecular weight is 247 g/mol. The van der Waals surface area contributed by atoms with Gasteiger partial charge in [0.1, 0.15) is 0 Å². The molecular formula is C16H25NO. The van der Waals surface area contributed by atoms with E-state index in [2.05, 4.69) is 38.2 Å². The number of benzene rings is 1. The molecule has 1 saturated heterocycles. The number of ether oxygens (including phenoxy) is 1. The van der Waals surface area contributed by atoms with Crippen LogP contribution in [0.5, 0.6) is 0 Å². The number of rotatable bonds is 4. The van der Waals surface area contributed by atoms with Crippen LogP contribution in [-0.4, -0.2) is 19.8 Å². The van der Waals surface area contributed by atoms with E-state index < -0.39 is 0 Å². The molecule has 0 aromatic heterocycles. The molecule has 1 heterocycles. The summed E-state index contributed by atoms with van der Waals surface area (Å²) in [6.07, 6.45) is 2.41. The van der Waals surface area contributed by atoms with Crippen LogP contribution in [0.2, 0.25) is 0 Å². The largest absolute Gasteiger partial charge is 0.381 e. The topological polar surface area (TPSA) is 21.3 Å². The maximum atomic E-state index is 5.38. The van der Waals surface area contributed by atoms with Crippen molar-refractivity contribution in [2.24, 2.45) is 5.92 Å². The second-order valence-corrected chi connectivity index (χ2v) is 5.55. The van der Waals surface area contributed by atoms with E-state index in [1.807, 2.05) is 0 Å². The summed E-state index contributed by atoms with van der Waals surface area (Å²) in [7, 11) is 0. The monoisotopic (exact) mass is 247 g/mol. The SMILES string of the molecule is Cc1cc(C)c(CNCC2CCOCC2)cc1C. The van der Waals surface area contributed by atoms with Crippen molar-refractivity contribution in [2.45, 2.75) is 40.2 Å². The number of nitrogens with one attached hydrogen (secondary N) is 1. The van der Waals surface area contributed by atoms with Gasteiger partial charge in [0.25, 0.3) is 0 Å². The van der Waals surface area contributed by atoms with Crippen molar-refractivity contribution < 1.29 is 4.74 Å². The van der Waals surface area contributed by atoms with Gasteiger partial charge in [-0.15, -0.1) is 0 Å². The van der Waals surface area contributed by atoms with Gasteiger partial charge in [-0.1, -0.05) is 12.1 Å². The number of aryl methyl sites for hydroxylation is 3. The normalized spacial score (nSPS) is 17.1. The summed E-state index contributed by atoms with van der Waals surface area (Å²) in [5.41, 5.74) is 5.62. The minimum Gasteiger partial charge on any atom is -0.381 e. The van der Waals surface area contributed by atoms with Gasteiger partial charge in [-0.05, 0) is 68.3 Å². The van der Waals surface area contributed by atoms with Crippen molar-refractivity contribution in [1.29, 1.82) is 0 Å². The molecule has 1 aromatic carbocycles. The minimum atomic E-state index is 0.797. The molecule has 0 aliphatic carbocycles. The highest BCUT2D eigenvalue weighted by atomic mass is 16.5. The molecule has 18 heavy (non-hydrogen) atoms. The van der Waals surface area contributed by atoms with Crippen LogP contribution in [0.15, 0.2) is 12.1 Å². The molecule has 2 heteroatoms. The van der Waals surface area contributed by atoms with E-state index in [-0.39, 0.29) is 0 Å². The van der Waals surface area contributed by atoms with E-state index in [1.165, 1.54) is 35.1 Å². The van der Waals surface area contributed by atoms with E-state index in [9.17, 15) is 0 Å². The molecule has 1 N–H and O–H groups in total. The standard InChI is InChI=1S/C16H25NO/c1-12-8-14(3)16(9-13(12)2)11-17-10-15-4-6-18-7-5-15/h8-9,15,17H,4-7,10-11H2,1-3H3. The summed E-state index contributed by atoms with van der Waals surface area (Å²) >= 11 is 0. The van der Waals surface area contributed by atoms with E-state index in [1.54, 1.807) is 0 Å². The van der Waals surface area contributed by atoms with Crippen LogP contribution in [-0.2, 0) is 11.3 Å². The summed E-state index contributed by atoms with van der Waals surface area (Å²) < 4.78 is 5.38. The highest BCUT2D eigenvalue weighted by Gasteiger charge is 2.13. The molecule has 0 radical (unpaired) electrons. The fourth-order valence-corrected chi connectivity index (χ4v) is 2.57. The Hall–Kier alpha value is -0.860. The molecule has 0 bridgehead atoms. The highest BCUT2D eigenvalue weighted by Crippen LogP contribution is 2.16. The molecule has 0 saturated carbocycles. The average Bonchev–Trinajstić information content (AvgIpc) is 2.37. The molecule has 0 atom stereocenters. The van der Waals surface area contributed by atoms with E-state index in [0.717, 1.165) is 32.2 Å². The summed E-state index contributed by atoms with van der Waals surface area (Å²) in [4.78, 5) is 0. The predicted molar refractivity (Wildman–Crippen MR) is 75.9 cm³/mol. The second-order valence-electron chi connectivity index (χ2n) is 5.55. The molecule has 2 rings (SSSR count). The Morgan fingerprint density at radius 1 is 1.06 bits per heavy atom. The second kappa shape index (κ2) is 6.35. The fourth-order valence-electron chi connectivity index (χ4n) is 2.57. The van der Waals surface area contributed by atoms with Crippen LogP contribution in [0.25, 0.3) is 0 Å². The Morgan fingerprint density at radius 2 is 1.72 bits per heavy atom. The van der Waals surface area contributed by atoms with Crippen LogP contribution in [0.1, 0.15) is 35.1 Å². The van der Waals surface area contributed by atoms with Crippen LogP contribution >= 0.6 is 0 Å². The van der Waals surface area contributed by atoms with Gasteiger partial charge in [0.2, 0.25) is 0 Å². The quantitative estimate of drug-likeness (QED) is 0.882. The van der Waals surface area contributed by atoms with Gasteiger partial charge >= 0.3 is 0 Å². The summed E-state index contributed by atoms with van der Waals surface area (Å²) in [6.45, 7) is 10.6. The Morgan fingerprint density at radius 3 is 2.44 bits per heavy atom. The maximum Gasteiger partial charge on any atom is 0.0469 e. The Bertz CT molecular complexity index is 394. The first-order chi connectivity index (χ1) is 8.66. The van der Waals surface area contributed by atoms with Gasteiger partial charge in [-0.3, -0.25) is 0 Å². The molecule has 1 aromatic rings. The minimum absolute atomic E-state index is 0.797. The van der Waals surface area contributed by atoms with Crippen molar-refractivity contribution in [3.8, 4) is 0 Å². The van der Waals surface area contributed by atoms with E-state index in [0.29, 0.717) is 0 Å².